The summed E-state index contributed by atoms with van der Waals surface area (Å²) in [6.45, 7) is 3.84. The standard InChI is InChI=1S/C23H25N3O5/c1-5-31-23(28)20-14-24-26(15(20)2)18-8-6-7-17(12-18)25-22(27)11-16-9-10-19(29-3)13-21(16)30-4/h6-10,12-14H,5,11H2,1-4H3,(H,25,27). The Balaban J connectivity index is 1.76. The molecule has 1 aromatic heterocycles. The Kier molecular flexibility index (Phi) is 6.92. The van der Waals surface area contributed by atoms with E-state index in [0.29, 0.717) is 40.7 Å². The first-order chi connectivity index (χ1) is 15.0. The second-order valence-corrected chi connectivity index (χ2v) is 6.73. The monoisotopic (exact) mass is 423 g/mol. The zero-order valence-corrected chi connectivity index (χ0v) is 18.0. The van der Waals surface area contributed by atoms with Gasteiger partial charge in [-0.15, -0.1) is 0 Å². The molecule has 8 nitrogen and oxygen atoms in total. The smallest absolute Gasteiger partial charge is 0.341 e. The van der Waals surface area contributed by atoms with Crippen LogP contribution < -0.4 is 14.8 Å². The Bertz CT molecular complexity index is 1090. The fourth-order valence-corrected chi connectivity index (χ4v) is 3.17. The number of rotatable bonds is 8. The van der Waals surface area contributed by atoms with Crippen molar-refractivity contribution in [3.8, 4) is 17.2 Å². The molecule has 1 amide bonds. The van der Waals surface area contributed by atoms with Crippen LogP contribution in [0.1, 0.15) is 28.5 Å². The highest BCUT2D eigenvalue weighted by Crippen LogP contribution is 2.25. The van der Waals surface area contributed by atoms with Crippen molar-refractivity contribution in [3.63, 3.8) is 0 Å². The minimum absolute atomic E-state index is 0.144. The Morgan fingerprint density at radius 2 is 1.90 bits per heavy atom. The van der Waals surface area contributed by atoms with E-state index in [2.05, 4.69) is 10.4 Å². The normalized spacial score (nSPS) is 10.5. The van der Waals surface area contributed by atoms with E-state index in [-0.39, 0.29) is 12.3 Å². The largest absolute Gasteiger partial charge is 0.497 e. The van der Waals surface area contributed by atoms with Crippen molar-refractivity contribution in [1.82, 2.24) is 9.78 Å². The molecule has 0 aliphatic carbocycles. The van der Waals surface area contributed by atoms with Gasteiger partial charge in [-0.05, 0) is 38.1 Å². The van der Waals surface area contributed by atoms with Crippen molar-refractivity contribution in [1.29, 1.82) is 0 Å². The summed E-state index contributed by atoms with van der Waals surface area (Å²) in [6.07, 6.45) is 1.62. The average Bonchev–Trinajstić information content (AvgIpc) is 3.15. The lowest BCUT2D eigenvalue weighted by Crippen LogP contribution is -2.15. The molecule has 0 radical (unpaired) electrons. The van der Waals surface area contributed by atoms with Gasteiger partial charge in [0.2, 0.25) is 5.91 Å². The molecule has 8 heteroatoms. The number of carbonyl (C=O) groups excluding carboxylic acids is 2. The zero-order chi connectivity index (χ0) is 22.4. The van der Waals surface area contributed by atoms with Gasteiger partial charge in [0.25, 0.3) is 0 Å². The van der Waals surface area contributed by atoms with Crippen LogP contribution in [0.5, 0.6) is 11.5 Å². The van der Waals surface area contributed by atoms with E-state index in [0.717, 1.165) is 5.56 Å². The van der Waals surface area contributed by atoms with Crippen LogP contribution in [0.4, 0.5) is 5.69 Å². The molecule has 162 valence electrons. The van der Waals surface area contributed by atoms with Gasteiger partial charge in [-0.25, -0.2) is 9.48 Å². The molecule has 0 aliphatic rings. The highest BCUT2D eigenvalue weighted by molar-refractivity contribution is 5.93. The topological polar surface area (TPSA) is 91.7 Å². The zero-order valence-electron chi connectivity index (χ0n) is 18.0. The summed E-state index contributed by atoms with van der Waals surface area (Å²) in [7, 11) is 3.13. The number of nitrogens with one attached hydrogen (secondary N) is 1. The number of amides is 1. The van der Waals surface area contributed by atoms with Crippen LogP contribution in [0, 0.1) is 6.92 Å². The lowest BCUT2D eigenvalue weighted by atomic mass is 10.1. The van der Waals surface area contributed by atoms with Gasteiger partial charge in [0.1, 0.15) is 17.1 Å². The third-order valence-electron chi connectivity index (χ3n) is 4.72. The van der Waals surface area contributed by atoms with Crippen LogP contribution in [0.15, 0.2) is 48.7 Å². The second-order valence-electron chi connectivity index (χ2n) is 6.73. The molecular weight excluding hydrogens is 398 g/mol. The van der Waals surface area contributed by atoms with Crippen LogP contribution in [-0.4, -0.2) is 42.5 Å². The molecule has 0 bridgehead atoms. The number of anilines is 1. The Hall–Kier alpha value is -3.81. The first-order valence-electron chi connectivity index (χ1n) is 9.79. The van der Waals surface area contributed by atoms with Crippen LogP contribution in [0.25, 0.3) is 5.69 Å². The van der Waals surface area contributed by atoms with E-state index < -0.39 is 5.97 Å². The summed E-state index contributed by atoms with van der Waals surface area (Å²) in [5, 5.41) is 7.18. The predicted octanol–water partition coefficient (Wildman–Crippen LogP) is 3.56. The number of benzene rings is 2. The van der Waals surface area contributed by atoms with Gasteiger partial charge in [-0.2, -0.15) is 5.10 Å². The van der Waals surface area contributed by atoms with Gasteiger partial charge < -0.3 is 19.5 Å². The quantitative estimate of drug-likeness (QED) is 0.557. The van der Waals surface area contributed by atoms with Crippen molar-refractivity contribution in [3.05, 3.63) is 65.5 Å². The van der Waals surface area contributed by atoms with Crippen molar-refractivity contribution >= 4 is 17.6 Å². The van der Waals surface area contributed by atoms with Gasteiger partial charge in [-0.3, -0.25) is 4.79 Å². The van der Waals surface area contributed by atoms with Crippen molar-refractivity contribution < 1.29 is 23.8 Å². The first-order valence-corrected chi connectivity index (χ1v) is 9.79. The molecule has 3 aromatic rings. The maximum atomic E-state index is 12.6. The van der Waals surface area contributed by atoms with Crippen molar-refractivity contribution in [2.75, 3.05) is 26.1 Å². The first kappa shape index (κ1) is 21.9. The number of nitrogens with zero attached hydrogens (tertiary/aromatic N) is 2. The molecular formula is C23H25N3O5. The number of esters is 1. The number of carbonyl (C=O) groups is 2. The summed E-state index contributed by atoms with van der Waals surface area (Å²) in [5.41, 5.74) is 3.14. The third kappa shape index (κ3) is 5.03. The maximum Gasteiger partial charge on any atom is 0.341 e. The second kappa shape index (κ2) is 9.80. The van der Waals surface area contributed by atoms with Crippen molar-refractivity contribution in [2.45, 2.75) is 20.3 Å². The molecule has 2 aromatic carbocycles. The number of hydrogen-bond donors (Lipinski definition) is 1. The predicted molar refractivity (Wildman–Crippen MR) is 116 cm³/mol. The molecule has 0 atom stereocenters. The Morgan fingerprint density at radius 3 is 2.61 bits per heavy atom. The lowest BCUT2D eigenvalue weighted by Gasteiger charge is -2.12. The van der Waals surface area contributed by atoms with Gasteiger partial charge in [0, 0.05) is 17.3 Å². The van der Waals surface area contributed by atoms with Crippen LogP contribution in [0.2, 0.25) is 0 Å². The summed E-state index contributed by atoms with van der Waals surface area (Å²) in [5.74, 6) is 0.640. The molecule has 1 heterocycles. The summed E-state index contributed by atoms with van der Waals surface area (Å²) >= 11 is 0. The maximum absolute atomic E-state index is 12.6. The molecule has 0 aliphatic heterocycles. The minimum Gasteiger partial charge on any atom is -0.497 e. The lowest BCUT2D eigenvalue weighted by molar-refractivity contribution is -0.115. The molecule has 0 spiro atoms. The van der Waals surface area contributed by atoms with Gasteiger partial charge >= 0.3 is 5.97 Å². The summed E-state index contributed by atoms with van der Waals surface area (Å²) in [6, 6.07) is 12.6. The SMILES string of the molecule is CCOC(=O)c1cnn(-c2cccc(NC(=O)Cc3ccc(OC)cc3OC)c2)c1C. The number of methoxy groups -OCH3 is 2. The fourth-order valence-electron chi connectivity index (χ4n) is 3.17. The van der Waals surface area contributed by atoms with Crippen LogP contribution >= 0.6 is 0 Å². The summed E-state index contributed by atoms with van der Waals surface area (Å²) in [4.78, 5) is 24.6. The number of ether oxygens (including phenoxy) is 3. The average molecular weight is 423 g/mol. The molecule has 0 saturated carbocycles. The highest BCUT2D eigenvalue weighted by Gasteiger charge is 2.16. The van der Waals surface area contributed by atoms with E-state index in [9.17, 15) is 9.59 Å². The molecule has 0 unspecified atom stereocenters. The highest BCUT2D eigenvalue weighted by atomic mass is 16.5. The fraction of sp³-hybridized carbons (Fsp3) is 0.261. The molecule has 31 heavy (non-hydrogen) atoms. The molecule has 0 fully saturated rings. The third-order valence-corrected chi connectivity index (χ3v) is 4.72. The van der Waals surface area contributed by atoms with E-state index in [1.807, 2.05) is 12.1 Å². The van der Waals surface area contributed by atoms with Gasteiger partial charge in [0.05, 0.1) is 44.8 Å². The summed E-state index contributed by atoms with van der Waals surface area (Å²) < 4.78 is 17.2. The minimum atomic E-state index is -0.413. The van der Waals surface area contributed by atoms with Crippen molar-refractivity contribution in [2.24, 2.45) is 0 Å². The molecule has 3 rings (SSSR count). The van der Waals surface area contributed by atoms with E-state index >= 15 is 0 Å². The molecule has 1 N–H and O–H groups in total. The Morgan fingerprint density at radius 1 is 1.10 bits per heavy atom. The van der Waals surface area contributed by atoms with Crippen LogP contribution in [-0.2, 0) is 16.0 Å². The van der Waals surface area contributed by atoms with Gasteiger partial charge in [-0.1, -0.05) is 12.1 Å². The number of aromatic nitrogens is 2. The van der Waals surface area contributed by atoms with Crippen LogP contribution in [0.3, 0.4) is 0 Å². The van der Waals surface area contributed by atoms with E-state index in [1.165, 1.54) is 6.20 Å². The number of hydrogen-bond acceptors (Lipinski definition) is 6. The van der Waals surface area contributed by atoms with E-state index in [1.54, 1.807) is 63.1 Å². The Labute approximate surface area is 180 Å². The van der Waals surface area contributed by atoms with Gasteiger partial charge in [0.15, 0.2) is 0 Å². The van der Waals surface area contributed by atoms with E-state index in [4.69, 9.17) is 14.2 Å². The molecule has 0 saturated heterocycles.